The van der Waals surface area contributed by atoms with Crippen LogP contribution in [0.1, 0.15) is 97.5 Å². The van der Waals surface area contributed by atoms with Crippen LogP contribution < -0.4 is 4.74 Å². The molecule has 3 heteroatoms. The first-order chi connectivity index (χ1) is 13.5. The fourth-order valence-electron chi connectivity index (χ4n) is 4.38. The van der Waals surface area contributed by atoms with Gasteiger partial charge in [0.05, 0.1) is 5.56 Å². The summed E-state index contributed by atoms with van der Waals surface area (Å²) in [6, 6.07) is 7.99. The molecule has 3 rings (SSSR count). The van der Waals surface area contributed by atoms with Crippen LogP contribution in [-0.4, -0.2) is 11.1 Å². The molecule has 0 unspecified atom stereocenters. The monoisotopic (exact) mass is 380 g/mol. The van der Waals surface area contributed by atoms with E-state index in [2.05, 4.69) is 27.7 Å². The van der Waals surface area contributed by atoms with Gasteiger partial charge in [-0.3, -0.25) is 0 Å². The number of carbonyl (C=O) groups is 1. The van der Waals surface area contributed by atoms with Gasteiger partial charge in [0, 0.05) is 17.5 Å². The van der Waals surface area contributed by atoms with Crippen molar-refractivity contribution in [1.82, 2.24) is 0 Å². The summed E-state index contributed by atoms with van der Waals surface area (Å²) in [7, 11) is 0. The first kappa shape index (κ1) is 20.4. The van der Waals surface area contributed by atoms with Gasteiger partial charge < -0.3 is 9.84 Å². The smallest absolute Gasteiger partial charge is 0.336 e. The largest absolute Gasteiger partial charge is 0.478 e. The number of para-hydroxylation sites is 1. The van der Waals surface area contributed by atoms with Gasteiger partial charge in [-0.05, 0) is 54.4 Å². The van der Waals surface area contributed by atoms with Gasteiger partial charge in [0.15, 0.2) is 0 Å². The number of hydrogen-bond acceptors (Lipinski definition) is 2. The van der Waals surface area contributed by atoms with Crippen molar-refractivity contribution >= 4 is 5.97 Å². The van der Waals surface area contributed by atoms with Crippen molar-refractivity contribution in [2.75, 3.05) is 0 Å². The van der Waals surface area contributed by atoms with Gasteiger partial charge in [-0.1, -0.05) is 58.7 Å². The van der Waals surface area contributed by atoms with Gasteiger partial charge in [0.1, 0.15) is 11.5 Å². The summed E-state index contributed by atoms with van der Waals surface area (Å²) >= 11 is 0. The zero-order valence-electron chi connectivity index (χ0n) is 17.6. The highest BCUT2D eigenvalue weighted by Gasteiger charge is 2.32. The molecular weight excluding hydrogens is 348 g/mol. The summed E-state index contributed by atoms with van der Waals surface area (Å²) in [6.45, 7) is 8.73. The van der Waals surface area contributed by atoms with E-state index in [0.29, 0.717) is 12.0 Å². The summed E-state index contributed by atoms with van der Waals surface area (Å²) in [6.07, 6.45) is 6.58. The molecule has 0 aliphatic carbocycles. The van der Waals surface area contributed by atoms with Crippen LogP contribution in [-0.2, 0) is 19.3 Å². The molecule has 0 bridgehead atoms. The summed E-state index contributed by atoms with van der Waals surface area (Å²) in [5.41, 5.74) is 5.91. The summed E-state index contributed by atoms with van der Waals surface area (Å²) in [5.74, 6) is 1.13. The Morgan fingerprint density at radius 3 is 2.32 bits per heavy atom. The van der Waals surface area contributed by atoms with Gasteiger partial charge in [-0.15, -0.1) is 0 Å². The maximum absolute atomic E-state index is 12.4. The van der Waals surface area contributed by atoms with Crippen LogP contribution >= 0.6 is 0 Å². The van der Waals surface area contributed by atoms with Crippen LogP contribution in [0.5, 0.6) is 11.5 Å². The van der Waals surface area contributed by atoms with E-state index in [0.717, 1.165) is 66.7 Å². The van der Waals surface area contributed by atoms with Crippen molar-refractivity contribution in [2.24, 2.45) is 0 Å². The molecule has 0 saturated carbocycles. The third-order valence-electron chi connectivity index (χ3n) is 5.72. The number of rotatable bonds is 8. The molecule has 1 aliphatic heterocycles. The standard InChI is InChI=1S/C25H32O3/c1-5-7-12-18-19(13-8-6-2)23(25(26)27)20-15-17-11-9-10-14-21(17)28-24(20)22(18)16(3)4/h9-11,14,16H,5-8,12-13,15H2,1-4H3,(H,26,27). The molecule has 0 aromatic heterocycles. The highest BCUT2D eigenvalue weighted by atomic mass is 16.5. The number of aromatic carboxylic acids is 1. The predicted molar refractivity (Wildman–Crippen MR) is 114 cm³/mol. The molecule has 3 nitrogen and oxygen atoms in total. The van der Waals surface area contributed by atoms with Gasteiger partial charge in [0.2, 0.25) is 0 Å². The molecule has 0 fully saturated rings. The Kier molecular flexibility index (Phi) is 6.43. The molecule has 2 aromatic rings. The lowest BCUT2D eigenvalue weighted by Crippen LogP contribution is -2.18. The van der Waals surface area contributed by atoms with Crippen molar-refractivity contribution in [3.8, 4) is 11.5 Å². The van der Waals surface area contributed by atoms with Crippen LogP contribution in [0.15, 0.2) is 24.3 Å². The normalized spacial score (nSPS) is 12.5. The molecule has 28 heavy (non-hydrogen) atoms. The van der Waals surface area contributed by atoms with E-state index in [9.17, 15) is 9.90 Å². The maximum Gasteiger partial charge on any atom is 0.336 e. The average molecular weight is 381 g/mol. The van der Waals surface area contributed by atoms with E-state index >= 15 is 0 Å². The minimum Gasteiger partial charge on any atom is -0.478 e. The van der Waals surface area contributed by atoms with E-state index in [1.807, 2.05) is 24.3 Å². The zero-order valence-corrected chi connectivity index (χ0v) is 17.6. The fraction of sp³-hybridized carbons (Fsp3) is 0.480. The second-order valence-electron chi connectivity index (χ2n) is 8.11. The van der Waals surface area contributed by atoms with Crippen LogP contribution in [0.25, 0.3) is 0 Å². The van der Waals surface area contributed by atoms with E-state index in [1.165, 1.54) is 11.1 Å². The number of benzene rings is 2. The Morgan fingerprint density at radius 1 is 1.07 bits per heavy atom. The number of unbranched alkanes of at least 4 members (excludes halogenated alkanes) is 2. The predicted octanol–water partition coefficient (Wildman–Crippen LogP) is 6.89. The molecular formula is C25H32O3. The maximum atomic E-state index is 12.4. The number of fused-ring (bicyclic) bond motifs is 2. The first-order valence-electron chi connectivity index (χ1n) is 10.7. The summed E-state index contributed by atoms with van der Waals surface area (Å²) in [4.78, 5) is 12.4. The van der Waals surface area contributed by atoms with Crippen molar-refractivity contribution in [2.45, 2.75) is 78.6 Å². The van der Waals surface area contributed by atoms with Crippen molar-refractivity contribution in [3.05, 3.63) is 57.6 Å². The van der Waals surface area contributed by atoms with Gasteiger partial charge in [-0.25, -0.2) is 4.79 Å². The highest BCUT2D eigenvalue weighted by Crippen LogP contribution is 2.46. The minimum absolute atomic E-state index is 0.286. The molecule has 150 valence electrons. The Balaban J connectivity index is 2.30. The molecule has 0 spiro atoms. The van der Waals surface area contributed by atoms with Crippen LogP contribution in [0.3, 0.4) is 0 Å². The van der Waals surface area contributed by atoms with E-state index < -0.39 is 5.97 Å². The number of hydrogen-bond donors (Lipinski definition) is 1. The third kappa shape index (κ3) is 3.80. The molecule has 0 atom stereocenters. The Bertz CT molecular complexity index is 865. The van der Waals surface area contributed by atoms with E-state index in [4.69, 9.17) is 4.74 Å². The van der Waals surface area contributed by atoms with Crippen LogP contribution in [0.2, 0.25) is 0 Å². The molecule has 0 amide bonds. The zero-order chi connectivity index (χ0) is 20.3. The quantitative estimate of drug-likeness (QED) is 0.463. The second kappa shape index (κ2) is 8.81. The molecule has 2 aromatic carbocycles. The van der Waals surface area contributed by atoms with Crippen LogP contribution in [0.4, 0.5) is 0 Å². The SMILES string of the molecule is CCCCc1c(CCCC)c(C(C)C)c2c(c1C(=O)O)Cc1ccccc1O2. The Hall–Kier alpha value is -2.29. The topological polar surface area (TPSA) is 46.5 Å². The van der Waals surface area contributed by atoms with Crippen molar-refractivity contribution in [3.63, 3.8) is 0 Å². The number of ether oxygens (including phenoxy) is 1. The lowest BCUT2D eigenvalue weighted by atomic mass is 9.80. The molecule has 1 N–H and O–H groups in total. The highest BCUT2D eigenvalue weighted by molar-refractivity contribution is 5.94. The van der Waals surface area contributed by atoms with Gasteiger partial charge >= 0.3 is 5.97 Å². The lowest BCUT2D eigenvalue weighted by Gasteiger charge is -2.30. The van der Waals surface area contributed by atoms with E-state index in [-0.39, 0.29) is 5.92 Å². The molecule has 0 saturated heterocycles. The van der Waals surface area contributed by atoms with Crippen molar-refractivity contribution < 1.29 is 14.6 Å². The van der Waals surface area contributed by atoms with Crippen LogP contribution in [0, 0.1) is 0 Å². The average Bonchev–Trinajstić information content (AvgIpc) is 2.67. The van der Waals surface area contributed by atoms with Gasteiger partial charge in [0.25, 0.3) is 0 Å². The van der Waals surface area contributed by atoms with Crippen molar-refractivity contribution in [1.29, 1.82) is 0 Å². The molecule has 1 heterocycles. The lowest BCUT2D eigenvalue weighted by molar-refractivity contribution is 0.0693. The van der Waals surface area contributed by atoms with E-state index in [1.54, 1.807) is 0 Å². The first-order valence-corrected chi connectivity index (χ1v) is 10.7. The molecule has 0 radical (unpaired) electrons. The molecule has 1 aliphatic rings. The number of carboxylic acids is 1. The summed E-state index contributed by atoms with van der Waals surface area (Å²) < 4.78 is 6.38. The Morgan fingerprint density at radius 2 is 1.71 bits per heavy atom. The second-order valence-corrected chi connectivity index (χ2v) is 8.11. The number of carboxylic acid groups (broad SMARTS) is 1. The third-order valence-corrected chi connectivity index (χ3v) is 5.72. The summed E-state index contributed by atoms with van der Waals surface area (Å²) in [5, 5.41) is 10.2. The fourth-order valence-corrected chi connectivity index (χ4v) is 4.38. The van der Waals surface area contributed by atoms with Gasteiger partial charge in [-0.2, -0.15) is 0 Å². The Labute approximate surface area is 168 Å². The minimum atomic E-state index is -0.821.